The number of amides is 2. The Bertz CT molecular complexity index is 847. The standard InChI is InChI=1S/C20H21F3N2O3/c1-19(2,17(26)24-12-13-8-10-14(28-3)11-9-13)18(27)25-16-7-5-4-6-15(16)20(21,22)23/h4-11H,12H2,1-3H3,(H,24,26)(H,25,27). The molecule has 0 radical (unpaired) electrons. The number of halogens is 3. The minimum Gasteiger partial charge on any atom is -0.497 e. The maximum atomic E-state index is 13.1. The number of para-hydroxylation sites is 1. The normalized spacial score (nSPS) is 11.6. The summed E-state index contributed by atoms with van der Waals surface area (Å²) < 4.78 is 44.3. The van der Waals surface area contributed by atoms with E-state index in [2.05, 4.69) is 10.6 Å². The molecule has 0 saturated heterocycles. The lowest BCUT2D eigenvalue weighted by Gasteiger charge is -2.24. The van der Waals surface area contributed by atoms with Crippen LogP contribution in [0.2, 0.25) is 0 Å². The molecule has 0 aliphatic carbocycles. The molecular formula is C20H21F3N2O3. The van der Waals surface area contributed by atoms with Crippen LogP contribution >= 0.6 is 0 Å². The molecule has 2 amide bonds. The zero-order chi connectivity index (χ0) is 20.9. The molecule has 0 saturated carbocycles. The van der Waals surface area contributed by atoms with Crippen LogP contribution in [0.3, 0.4) is 0 Å². The van der Waals surface area contributed by atoms with Crippen LogP contribution in [0.4, 0.5) is 18.9 Å². The van der Waals surface area contributed by atoms with Gasteiger partial charge in [0.15, 0.2) is 0 Å². The molecule has 150 valence electrons. The molecule has 2 N–H and O–H groups in total. The Labute approximate surface area is 160 Å². The molecule has 0 bridgehead atoms. The van der Waals surface area contributed by atoms with Crippen molar-refractivity contribution < 1.29 is 27.5 Å². The van der Waals surface area contributed by atoms with Crippen molar-refractivity contribution in [1.82, 2.24) is 5.32 Å². The van der Waals surface area contributed by atoms with Gasteiger partial charge in [-0.25, -0.2) is 0 Å². The Balaban J connectivity index is 2.06. The Morgan fingerprint density at radius 1 is 0.964 bits per heavy atom. The minimum atomic E-state index is -4.62. The quantitative estimate of drug-likeness (QED) is 0.728. The largest absolute Gasteiger partial charge is 0.497 e. The van der Waals surface area contributed by atoms with Crippen LogP contribution in [-0.4, -0.2) is 18.9 Å². The summed E-state index contributed by atoms with van der Waals surface area (Å²) in [7, 11) is 1.54. The first kappa shape index (κ1) is 21.3. The Kier molecular flexibility index (Phi) is 6.33. The lowest BCUT2D eigenvalue weighted by Crippen LogP contribution is -2.45. The smallest absolute Gasteiger partial charge is 0.418 e. The first-order valence-electron chi connectivity index (χ1n) is 8.44. The molecule has 0 atom stereocenters. The summed E-state index contributed by atoms with van der Waals surface area (Å²) >= 11 is 0. The number of hydrogen-bond donors (Lipinski definition) is 2. The molecule has 0 aromatic heterocycles. The van der Waals surface area contributed by atoms with Gasteiger partial charge in [-0.1, -0.05) is 24.3 Å². The van der Waals surface area contributed by atoms with Crippen molar-refractivity contribution in [2.75, 3.05) is 12.4 Å². The fourth-order valence-corrected chi connectivity index (χ4v) is 2.37. The second-order valence-electron chi connectivity index (χ2n) is 6.65. The third kappa shape index (κ3) is 5.03. The SMILES string of the molecule is COc1ccc(CNC(=O)C(C)(C)C(=O)Nc2ccccc2C(F)(F)F)cc1. The highest BCUT2D eigenvalue weighted by atomic mass is 19.4. The summed E-state index contributed by atoms with van der Waals surface area (Å²) in [6.45, 7) is 2.86. The van der Waals surface area contributed by atoms with Crippen LogP contribution in [0, 0.1) is 5.41 Å². The predicted molar refractivity (Wildman–Crippen MR) is 98.7 cm³/mol. The molecule has 0 unspecified atom stereocenters. The number of alkyl halides is 3. The molecule has 8 heteroatoms. The molecule has 0 spiro atoms. The summed E-state index contributed by atoms with van der Waals surface area (Å²) in [5, 5.41) is 4.84. The Morgan fingerprint density at radius 3 is 2.14 bits per heavy atom. The maximum Gasteiger partial charge on any atom is 0.418 e. The number of rotatable bonds is 6. The number of anilines is 1. The summed E-state index contributed by atoms with van der Waals surface area (Å²) in [5.41, 5.74) is -2.16. The van der Waals surface area contributed by atoms with Crippen LogP contribution in [0.5, 0.6) is 5.75 Å². The average molecular weight is 394 g/mol. The van der Waals surface area contributed by atoms with Crippen LogP contribution in [0.25, 0.3) is 0 Å². The third-order valence-electron chi connectivity index (χ3n) is 4.23. The van der Waals surface area contributed by atoms with Crippen molar-refractivity contribution in [3.63, 3.8) is 0 Å². The fourth-order valence-electron chi connectivity index (χ4n) is 2.37. The summed E-state index contributed by atoms with van der Waals surface area (Å²) in [5.74, 6) is -0.778. The summed E-state index contributed by atoms with van der Waals surface area (Å²) in [6.07, 6.45) is -4.62. The number of benzene rings is 2. The van der Waals surface area contributed by atoms with Crippen LogP contribution in [0.15, 0.2) is 48.5 Å². The molecule has 28 heavy (non-hydrogen) atoms. The molecule has 2 aromatic rings. The van der Waals surface area contributed by atoms with E-state index in [9.17, 15) is 22.8 Å². The van der Waals surface area contributed by atoms with Gasteiger partial charge in [-0.15, -0.1) is 0 Å². The number of carbonyl (C=O) groups is 2. The Hall–Kier alpha value is -3.03. The van der Waals surface area contributed by atoms with Gasteiger partial charge in [0.2, 0.25) is 11.8 Å². The number of methoxy groups -OCH3 is 1. The number of ether oxygens (including phenoxy) is 1. The van der Waals surface area contributed by atoms with Crippen molar-refractivity contribution >= 4 is 17.5 Å². The first-order valence-corrected chi connectivity index (χ1v) is 8.44. The number of carbonyl (C=O) groups excluding carboxylic acids is 2. The van der Waals surface area contributed by atoms with E-state index in [4.69, 9.17) is 4.74 Å². The van der Waals surface area contributed by atoms with Gasteiger partial charge in [0.05, 0.1) is 18.4 Å². The highest BCUT2D eigenvalue weighted by Crippen LogP contribution is 2.35. The molecule has 0 aliphatic heterocycles. The van der Waals surface area contributed by atoms with Gasteiger partial charge in [-0.3, -0.25) is 9.59 Å². The van der Waals surface area contributed by atoms with Gasteiger partial charge in [-0.2, -0.15) is 13.2 Å². The van der Waals surface area contributed by atoms with Gasteiger partial charge in [0.25, 0.3) is 0 Å². The monoisotopic (exact) mass is 394 g/mol. The molecule has 0 heterocycles. The minimum absolute atomic E-state index is 0.165. The van der Waals surface area contributed by atoms with Crippen molar-refractivity contribution in [2.24, 2.45) is 5.41 Å². The van der Waals surface area contributed by atoms with E-state index in [1.165, 1.54) is 33.1 Å². The second kappa shape index (κ2) is 8.33. The van der Waals surface area contributed by atoms with E-state index < -0.39 is 34.7 Å². The van der Waals surface area contributed by atoms with E-state index in [1.54, 1.807) is 24.3 Å². The zero-order valence-corrected chi connectivity index (χ0v) is 15.7. The molecule has 2 aromatic carbocycles. The third-order valence-corrected chi connectivity index (χ3v) is 4.23. The maximum absolute atomic E-state index is 13.1. The van der Waals surface area contributed by atoms with Gasteiger partial charge >= 0.3 is 6.18 Å². The number of nitrogens with one attached hydrogen (secondary N) is 2. The molecule has 0 fully saturated rings. The molecule has 5 nitrogen and oxygen atoms in total. The van der Waals surface area contributed by atoms with E-state index in [-0.39, 0.29) is 6.54 Å². The number of hydrogen-bond acceptors (Lipinski definition) is 3. The van der Waals surface area contributed by atoms with E-state index in [0.717, 1.165) is 17.7 Å². The predicted octanol–water partition coefficient (Wildman–Crippen LogP) is 4.00. The fraction of sp³-hybridized carbons (Fsp3) is 0.300. The zero-order valence-electron chi connectivity index (χ0n) is 15.7. The van der Waals surface area contributed by atoms with Gasteiger partial charge in [-0.05, 0) is 43.7 Å². The van der Waals surface area contributed by atoms with E-state index in [0.29, 0.717) is 5.75 Å². The highest BCUT2D eigenvalue weighted by Gasteiger charge is 2.38. The van der Waals surface area contributed by atoms with Crippen molar-refractivity contribution in [3.8, 4) is 5.75 Å². The summed E-state index contributed by atoms with van der Waals surface area (Å²) in [4.78, 5) is 24.9. The summed E-state index contributed by atoms with van der Waals surface area (Å²) in [6, 6.07) is 11.6. The molecule has 2 rings (SSSR count). The second-order valence-corrected chi connectivity index (χ2v) is 6.65. The first-order chi connectivity index (χ1) is 13.1. The van der Waals surface area contributed by atoms with Crippen molar-refractivity contribution in [3.05, 3.63) is 59.7 Å². The van der Waals surface area contributed by atoms with Crippen LogP contribution in [0.1, 0.15) is 25.0 Å². The van der Waals surface area contributed by atoms with Crippen molar-refractivity contribution in [1.29, 1.82) is 0 Å². The molecule has 0 aliphatic rings. The van der Waals surface area contributed by atoms with E-state index >= 15 is 0 Å². The highest BCUT2D eigenvalue weighted by molar-refractivity contribution is 6.10. The van der Waals surface area contributed by atoms with Gasteiger partial charge in [0, 0.05) is 6.54 Å². The molecular weight excluding hydrogens is 373 g/mol. The van der Waals surface area contributed by atoms with Crippen molar-refractivity contribution in [2.45, 2.75) is 26.6 Å². The lowest BCUT2D eigenvalue weighted by molar-refractivity contribution is -0.138. The van der Waals surface area contributed by atoms with Gasteiger partial charge in [0.1, 0.15) is 11.2 Å². The van der Waals surface area contributed by atoms with Gasteiger partial charge < -0.3 is 15.4 Å². The Morgan fingerprint density at radius 2 is 1.57 bits per heavy atom. The topological polar surface area (TPSA) is 67.4 Å². The lowest BCUT2D eigenvalue weighted by atomic mass is 9.90. The van der Waals surface area contributed by atoms with Crippen LogP contribution < -0.4 is 15.4 Å². The van der Waals surface area contributed by atoms with Crippen LogP contribution in [-0.2, 0) is 22.3 Å². The van der Waals surface area contributed by atoms with E-state index in [1.807, 2.05) is 0 Å². The average Bonchev–Trinajstić information content (AvgIpc) is 2.65.